The summed E-state index contributed by atoms with van der Waals surface area (Å²) in [6.07, 6.45) is 7.91. The third-order valence-electron chi connectivity index (χ3n) is 6.40. The zero-order valence-electron chi connectivity index (χ0n) is 17.9. The van der Waals surface area contributed by atoms with Crippen LogP contribution in [-0.2, 0) is 26.2 Å². The van der Waals surface area contributed by atoms with Crippen LogP contribution in [0.15, 0.2) is 16.9 Å². The minimum atomic E-state index is -0.220. The molecule has 0 aromatic carbocycles. The Hall–Kier alpha value is -2.26. The van der Waals surface area contributed by atoms with E-state index < -0.39 is 0 Å². The van der Waals surface area contributed by atoms with Crippen LogP contribution >= 0.6 is 0 Å². The maximum atomic E-state index is 12.7. The SMILES string of the molecule is COCCC1(c2noc(C3CCOCC3)n2)CCN(C(=O)Cn2cc(C)cn2)CC1. The van der Waals surface area contributed by atoms with E-state index in [1.54, 1.807) is 18.0 Å². The summed E-state index contributed by atoms with van der Waals surface area (Å²) in [6.45, 7) is 5.69. The lowest BCUT2D eigenvalue weighted by Crippen LogP contribution is -2.47. The summed E-state index contributed by atoms with van der Waals surface area (Å²) in [5.41, 5.74) is 0.833. The fourth-order valence-electron chi connectivity index (χ4n) is 4.42. The first kappa shape index (κ1) is 21.0. The maximum absolute atomic E-state index is 12.7. The van der Waals surface area contributed by atoms with Crippen molar-refractivity contribution in [2.75, 3.05) is 40.0 Å². The molecule has 2 fully saturated rings. The van der Waals surface area contributed by atoms with Gasteiger partial charge in [0.2, 0.25) is 11.8 Å². The van der Waals surface area contributed by atoms with Gasteiger partial charge in [-0.25, -0.2) is 0 Å². The second kappa shape index (κ2) is 9.26. The molecule has 0 bridgehead atoms. The van der Waals surface area contributed by atoms with E-state index in [-0.39, 0.29) is 23.8 Å². The van der Waals surface area contributed by atoms with Crippen molar-refractivity contribution in [1.82, 2.24) is 24.8 Å². The lowest BCUT2D eigenvalue weighted by atomic mass is 9.75. The van der Waals surface area contributed by atoms with E-state index in [0.717, 1.165) is 62.6 Å². The molecule has 2 aromatic rings. The Morgan fingerprint density at radius 2 is 2.07 bits per heavy atom. The highest BCUT2D eigenvalue weighted by atomic mass is 16.5. The van der Waals surface area contributed by atoms with Crippen LogP contribution in [0.2, 0.25) is 0 Å². The number of rotatable bonds is 7. The molecule has 0 aliphatic carbocycles. The summed E-state index contributed by atoms with van der Waals surface area (Å²) in [6, 6.07) is 0. The van der Waals surface area contributed by atoms with Gasteiger partial charge in [0.15, 0.2) is 5.82 Å². The van der Waals surface area contributed by atoms with Crippen LogP contribution in [0.3, 0.4) is 0 Å². The van der Waals surface area contributed by atoms with Crippen molar-refractivity contribution in [3.63, 3.8) is 0 Å². The number of ether oxygens (including phenoxy) is 2. The minimum Gasteiger partial charge on any atom is -0.385 e. The van der Waals surface area contributed by atoms with Crippen molar-refractivity contribution in [3.05, 3.63) is 29.7 Å². The van der Waals surface area contributed by atoms with Crippen LogP contribution in [0, 0.1) is 6.92 Å². The molecule has 2 saturated heterocycles. The fraction of sp³-hybridized carbons (Fsp3) is 0.714. The predicted octanol–water partition coefficient (Wildman–Crippen LogP) is 2.07. The molecule has 4 rings (SSSR count). The Labute approximate surface area is 176 Å². The van der Waals surface area contributed by atoms with Crippen molar-refractivity contribution in [1.29, 1.82) is 0 Å². The first-order chi connectivity index (χ1) is 14.6. The lowest BCUT2D eigenvalue weighted by molar-refractivity contribution is -0.133. The van der Waals surface area contributed by atoms with Gasteiger partial charge in [-0.15, -0.1) is 0 Å². The second-order valence-electron chi connectivity index (χ2n) is 8.46. The van der Waals surface area contributed by atoms with E-state index in [4.69, 9.17) is 19.0 Å². The molecule has 0 atom stereocenters. The number of likely N-dealkylation sites (tertiary alicyclic amines) is 1. The second-order valence-corrected chi connectivity index (χ2v) is 8.46. The molecule has 164 valence electrons. The molecule has 2 aliphatic rings. The molecule has 4 heterocycles. The van der Waals surface area contributed by atoms with Gasteiger partial charge in [-0.3, -0.25) is 9.48 Å². The Bertz CT molecular complexity index is 834. The Morgan fingerprint density at radius 3 is 2.73 bits per heavy atom. The first-order valence-corrected chi connectivity index (χ1v) is 10.8. The molecule has 0 saturated carbocycles. The molecule has 9 heteroatoms. The number of carbonyl (C=O) groups excluding carboxylic acids is 1. The quantitative estimate of drug-likeness (QED) is 0.680. The normalized spacial score (nSPS) is 19.9. The van der Waals surface area contributed by atoms with Gasteiger partial charge >= 0.3 is 0 Å². The first-order valence-electron chi connectivity index (χ1n) is 10.8. The molecule has 30 heavy (non-hydrogen) atoms. The summed E-state index contributed by atoms with van der Waals surface area (Å²) >= 11 is 0. The van der Waals surface area contributed by atoms with Gasteiger partial charge in [-0.2, -0.15) is 10.1 Å². The van der Waals surface area contributed by atoms with E-state index in [1.165, 1.54) is 0 Å². The lowest BCUT2D eigenvalue weighted by Gasteiger charge is -2.39. The van der Waals surface area contributed by atoms with Gasteiger partial charge in [0, 0.05) is 57.5 Å². The van der Waals surface area contributed by atoms with Crippen LogP contribution in [0.1, 0.15) is 55.3 Å². The Morgan fingerprint density at radius 1 is 1.30 bits per heavy atom. The molecule has 0 radical (unpaired) electrons. The van der Waals surface area contributed by atoms with Crippen LogP contribution in [0.5, 0.6) is 0 Å². The molecule has 2 aliphatic heterocycles. The van der Waals surface area contributed by atoms with Crippen molar-refractivity contribution in [2.45, 2.75) is 56.9 Å². The van der Waals surface area contributed by atoms with E-state index in [0.29, 0.717) is 19.7 Å². The van der Waals surface area contributed by atoms with Crippen molar-refractivity contribution < 1.29 is 18.8 Å². The molecule has 0 N–H and O–H groups in total. The van der Waals surface area contributed by atoms with Gasteiger partial charge in [-0.05, 0) is 44.6 Å². The summed E-state index contributed by atoms with van der Waals surface area (Å²) in [7, 11) is 1.71. The van der Waals surface area contributed by atoms with E-state index in [2.05, 4.69) is 10.3 Å². The Kier molecular flexibility index (Phi) is 6.48. The summed E-state index contributed by atoms with van der Waals surface area (Å²) in [5, 5.41) is 8.61. The number of carbonyl (C=O) groups is 1. The largest absolute Gasteiger partial charge is 0.385 e. The molecule has 0 unspecified atom stereocenters. The van der Waals surface area contributed by atoms with Crippen LogP contribution < -0.4 is 0 Å². The van der Waals surface area contributed by atoms with E-state index >= 15 is 0 Å². The smallest absolute Gasteiger partial charge is 0.244 e. The molecular formula is C21H31N5O4. The van der Waals surface area contributed by atoms with Crippen molar-refractivity contribution in [2.24, 2.45) is 0 Å². The highest BCUT2D eigenvalue weighted by Crippen LogP contribution is 2.38. The zero-order chi connectivity index (χ0) is 21.0. The van der Waals surface area contributed by atoms with E-state index in [1.807, 2.05) is 18.0 Å². The highest BCUT2D eigenvalue weighted by Gasteiger charge is 2.41. The van der Waals surface area contributed by atoms with Crippen molar-refractivity contribution in [3.8, 4) is 0 Å². The number of hydrogen-bond donors (Lipinski definition) is 0. The molecule has 0 spiro atoms. The van der Waals surface area contributed by atoms with Crippen molar-refractivity contribution >= 4 is 5.91 Å². The summed E-state index contributed by atoms with van der Waals surface area (Å²) in [5.74, 6) is 1.85. The molecule has 1 amide bonds. The molecule has 9 nitrogen and oxygen atoms in total. The topological polar surface area (TPSA) is 95.5 Å². The minimum absolute atomic E-state index is 0.0921. The van der Waals surface area contributed by atoms with Crippen LogP contribution in [-0.4, -0.2) is 70.7 Å². The monoisotopic (exact) mass is 417 g/mol. The maximum Gasteiger partial charge on any atom is 0.244 e. The average Bonchev–Trinajstić information content (AvgIpc) is 3.43. The third-order valence-corrected chi connectivity index (χ3v) is 6.40. The number of aromatic nitrogens is 4. The Balaban J connectivity index is 1.43. The van der Waals surface area contributed by atoms with Crippen LogP contribution in [0.25, 0.3) is 0 Å². The predicted molar refractivity (Wildman–Crippen MR) is 108 cm³/mol. The number of amides is 1. The zero-order valence-corrected chi connectivity index (χ0v) is 17.9. The number of methoxy groups -OCH3 is 1. The number of hydrogen-bond acceptors (Lipinski definition) is 7. The number of nitrogens with zero attached hydrogens (tertiary/aromatic N) is 5. The standard InChI is InChI=1S/C21H31N5O4/c1-16-13-22-26(14-16)15-18(27)25-8-5-21(6-9-25,7-12-28-2)20-23-19(30-24-20)17-3-10-29-11-4-17/h13-14,17H,3-12,15H2,1-2H3. The van der Waals surface area contributed by atoms with Gasteiger partial charge < -0.3 is 18.9 Å². The van der Waals surface area contributed by atoms with Gasteiger partial charge in [-0.1, -0.05) is 5.16 Å². The fourth-order valence-corrected chi connectivity index (χ4v) is 4.42. The molecular weight excluding hydrogens is 386 g/mol. The van der Waals surface area contributed by atoms with Gasteiger partial charge in [0.05, 0.1) is 6.20 Å². The van der Waals surface area contributed by atoms with Gasteiger partial charge in [0.1, 0.15) is 6.54 Å². The molecule has 2 aromatic heterocycles. The summed E-state index contributed by atoms with van der Waals surface area (Å²) in [4.78, 5) is 19.5. The third kappa shape index (κ3) is 4.57. The van der Waals surface area contributed by atoms with Crippen LogP contribution in [0.4, 0.5) is 0 Å². The van der Waals surface area contributed by atoms with E-state index in [9.17, 15) is 4.79 Å². The summed E-state index contributed by atoms with van der Waals surface area (Å²) < 4.78 is 18.2. The van der Waals surface area contributed by atoms with Gasteiger partial charge in [0.25, 0.3) is 0 Å². The number of aryl methyl sites for hydroxylation is 1. The highest BCUT2D eigenvalue weighted by molar-refractivity contribution is 5.76. The number of piperidine rings is 1. The average molecular weight is 418 g/mol.